The molecule has 4 aromatic rings. The Morgan fingerprint density at radius 1 is 1.14 bits per heavy atom. The number of halogens is 2. The Bertz CT molecular complexity index is 1170. The number of anilines is 1. The second kappa shape index (κ2) is 7.76. The van der Waals surface area contributed by atoms with Gasteiger partial charge in [-0.2, -0.15) is 0 Å². The minimum atomic E-state index is -0.585. The van der Waals surface area contributed by atoms with E-state index in [9.17, 15) is 9.18 Å². The van der Waals surface area contributed by atoms with E-state index in [0.717, 1.165) is 0 Å². The first kappa shape index (κ1) is 18.7. The van der Waals surface area contributed by atoms with Crippen LogP contribution in [0.3, 0.4) is 0 Å². The number of amides is 1. The number of furan rings is 1. The molecule has 0 aliphatic carbocycles. The van der Waals surface area contributed by atoms with Gasteiger partial charge in [0.15, 0.2) is 5.76 Å². The van der Waals surface area contributed by atoms with Gasteiger partial charge in [0, 0.05) is 10.7 Å². The molecule has 2 aromatic heterocycles. The minimum Gasteiger partial charge on any atom is -0.496 e. The van der Waals surface area contributed by atoms with E-state index in [1.54, 1.807) is 24.3 Å². The molecule has 7 nitrogen and oxygen atoms in total. The molecule has 1 N–H and O–H groups in total. The summed E-state index contributed by atoms with van der Waals surface area (Å²) in [6.07, 6.45) is 1.46. The molecule has 4 rings (SSSR count). The molecule has 1 amide bonds. The molecule has 0 unspecified atom stereocenters. The maximum Gasteiger partial charge on any atom is 0.283 e. The van der Waals surface area contributed by atoms with Crippen molar-refractivity contribution in [2.24, 2.45) is 0 Å². The molecule has 0 atom stereocenters. The Morgan fingerprint density at radius 2 is 1.97 bits per heavy atom. The van der Waals surface area contributed by atoms with E-state index in [4.69, 9.17) is 25.2 Å². The van der Waals surface area contributed by atoms with Crippen LogP contribution in [0.2, 0.25) is 5.02 Å². The van der Waals surface area contributed by atoms with Crippen LogP contribution in [0.25, 0.3) is 23.1 Å². The van der Waals surface area contributed by atoms with Crippen LogP contribution in [0, 0.1) is 5.82 Å². The number of benzene rings is 2. The van der Waals surface area contributed by atoms with Gasteiger partial charge >= 0.3 is 0 Å². The third-order valence-electron chi connectivity index (χ3n) is 4.02. The van der Waals surface area contributed by atoms with E-state index in [1.165, 1.54) is 37.6 Å². The lowest BCUT2D eigenvalue weighted by Gasteiger charge is -2.10. The van der Waals surface area contributed by atoms with Crippen LogP contribution in [0.5, 0.6) is 5.75 Å². The van der Waals surface area contributed by atoms with Crippen LogP contribution in [0.15, 0.2) is 63.6 Å². The van der Waals surface area contributed by atoms with Gasteiger partial charge in [-0.1, -0.05) is 11.6 Å². The van der Waals surface area contributed by atoms with Gasteiger partial charge in [0.2, 0.25) is 0 Å². The van der Waals surface area contributed by atoms with Crippen molar-refractivity contribution in [3.8, 4) is 28.9 Å². The number of rotatable bonds is 5. The lowest BCUT2D eigenvalue weighted by atomic mass is 10.1. The number of methoxy groups -OCH3 is 1. The van der Waals surface area contributed by atoms with Crippen molar-refractivity contribution < 1.29 is 22.8 Å². The van der Waals surface area contributed by atoms with E-state index in [1.807, 2.05) is 0 Å². The number of carbonyl (C=O) groups is 1. The fraction of sp³-hybridized carbons (Fsp3) is 0.0500. The average Bonchev–Trinajstić information content (AvgIpc) is 3.41. The third-order valence-corrected chi connectivity index (χ3v) is 4.25. The predicted molar refractivity (Wildman–Crippen MR) is 103 cm³/mol. The maximum absolute atomic E-state index is 14.3. The lowest BCUT2D eigenvalue weighted by molar-refractivity contribution is 0.102. The molecule has 146 valence electrons. The zero-order valence-corrected chi connectivity index (χ0v) is 15.7. The number of hydrogen-bond donors (Lipinski definition) is 1. The van der Waals surface area contributed by atoms with E-state index in [-0.39, 0.29) is 22.9 Å². The van der Waals surface area contributed by atoms with Crippen molar-refractivity contribution in [3.05, 3.63) is 71.2 Å². The summed E-state index contributed by atoms with van der Waals surface area (Å²) in [5.74, 6) is -0.273. The molecule has 0 aliphatic rings. The first-order chi connectivity index (χ1) is 14.0. The van der Waals surface area contributed by atoms with Gasteiger partial charge < -0.3 is 18.9 Å². The smallest absolute Gasteiger partial charge is 0.283 e. The molecule has 2 heterocycles. The number of nitrogens with zero attached hydrogens (tertiary/aromatic N) is 2. The van der Waals surface area contributed by atoms with Crippen LogP contribution < -0.4 is 10.1 Å². The summed E-state index contributed by atoms with van der Waals surface area (Å²) in [7, 11) is 1.45. The summed E-state index contributed by atoms with van der Waals surface area (Å²) < 4.78 is 30.2. The number of carbonyl (C=O) groups excluding carboxylic acids is 1. The number of ether oxygens (including phenoxy) is 1. The quantitative estimate of drug-likeness (QED) is 0.492. The highest BCUT2D eigenvalue weighted by molar-refractivity contribution is 6.31. The summed E-state index contributed by atoms with van der Waals surface area (Å²) >= 11 is 5.97. The molecule has 29 heavy (non-hydrogen) atoms. The van der Waals surface area contributed by atoms with Crippen molar-refractivity contribution in [1.82, 2.24) is 10.2 Å². The fourth-order valence-electron chi connectivity index (χ4n) is 2.65. The van der Waals surface area contributed by atoms with E-state index >= 15 is 0 Å². The fourth-order valence-corrected chi connectivity index (χ4v) is 2.83. The lowest BCUT2D eigenvalue weighted by Crippen LogP contribution is -2.13. The standard InChI is InChI=1S/C20H13ClFN3O4/c1-27-16-7-4-11(21)9-14(16)18(26)23-12-5-6-15(22)13(10-12)19-24-25-20(29-19)17-3-2-8-28-17/h2-10H,1H3,(H,23,26). The van der Waals surface area contributed by atoms with Crippen molar-refractivity contribution in [2.75, 3.05) is 12.4 Å². The normalized spacial score (nSPS) is 10.7. The van der Waals surface area contributed by atoms with Crippen molar-refractivity contribution in [1.29, 1.82) is 0 Å². The topological polar surface area (TPSA) is 90.4 Å². The zero-order chi connectivity index (χ0) is 20.4. The van der Waals surface area contributed by atoms with Gasteiger partial charge in [-0.05, 0) is 48.5 Å². The summed E-state index contributed by atoms with van der Waals surface area (Å²) in [6, 6.07) is 12.0. The first-order valence-electron chi connectivity index (χ1n) is 8.37. The van der Waals surface area contributed by atoms with Gasteiger partial charge in [-0.15, -0.1) is 10.2 Å². The van der Waals surface area contributed by atoms with E-state index in [0.29, 0.717) is 22.2 Å². The SMILES string of the molecule is COc1ccc(Cl)cc1C(=O)Nc1ccc(F)c(-c2nnc(-c3ccco3)o2)c1. The molecule has 0 bridgehead atoms. The van der Waals surface area contributed by atoms with Gasteiger partial charge in [-0.3, -0.25) is 4.79 Å². The summed E-state index contributed by atoms with van der Waals surface area (Å²) in [4.78, 5) is 12.6. The van der Waals surface area contributed by atoms with Crippen LogP contribution in [0.4, 0.5) is 10.1 Å². The van der Waals surface area contributed by atoms with Crippen molar-refractivity contribution in [2.45, 2.75) is 0 Å². The number of nitrogens with one attached hydrogen (secondary N) is 1. The van der Waals surface area contributed by atoms with Gasteiger partial charge in [0.05, 0.1) is 24.5 Å². The molecule has 2 aromatic carbocycles. The third kappa shape index (κ3) is 3.83. The van der Waals surface area contributed by atoms with Crippen LogP contribution >= 0.6 is 11.6 Å². The molecule has 0 radical (unpaired) electrons. The zero-order valence-electron chi connectivity index (χ0n) is 15.0. The molecule has 0 fully saturated rings. The van der Waals surface area contributed by atoms with Gasteiger partial charge in [0.1, 0.15) is 11.6 Å². The molecule has 0 aliphatic heterocycles. The second-order valence-corrected chi connectivity index (χ2v) is 6.32. The molecular formula is C20H13ClFN3O4. The Morgan fingerprint density at radius 3 is 2.72 bits per heavy atom. The van der Waals surface area contributed by atoms with E-state index < -0.39 is 11.7 Å². The molecule has 9 heteroatoms. The van der Waals surface area contributed by atoms with Gasteiger partial charge in [-0.25, -0.2) is 4.39 Å². The summed E-state index contributed by atoms with van der Waals surface area (Å²) in [5, 5.41) is 10.8. The predicted octanol–water partition coefficient (Wildman–Crippen LogP) is 5.05. The van der Waals surface area contributed by atoms with Crippen molar-refractivity contribution in [3.63, 3.8) is 0 Å². The highest BCUT2D eigenvalue weighted by Gasteiger charge is 2.18. The first-order valence-corrected chi connectivity index (χ1v) is 8.75. The average molecular weight is 414 g/mol. The Labute approximate surface area is 169 Å². The molecule has 0 saturated carbocycles. The molecular weight excluding hydrogens is 401 g/mol. The number of hydrogen-bond acceptors (Lipinski definition) is 6. The van der Waals surface area contributed by atoms with Crippen LogP contribution in [0.1, 0.15) is 10.4 Å². The Kier molecular flexibility index (Phi) is 5.01. The maximum atomic E-state index is 14.3. The molecule has 0 spiro atoms. The highest BCUT2D eigenvalue weighted by Crippen LogP contribution is 2.29. The summed E-state index contributed by atoms with van der Waals surface area (Å²) in [6.45, 7) is 0. The minimum absolute atomic E-state index is 0.0335. The number of aromatic nitrogens is 2. The Hall–Kier alpha value is -3.65. The van der Waals surface area contributed by atoms with Gasteiger partial charge in [0.25, 0.3) is 17.7 Å². The second-order valence-electron chi connectivity index (χ2n) is 5.88. The highest BCUT2D eigenvalue weighted by atomic mass is 35.5. The largest absolute Gasteiger partial charge is 0.496 e. The Balaban J connectivity index is 1.62. The van der Waals surface area contributed by atoms with E-state index in [2.05, 4.69) is 15.5 Å². The van der Waals surface area contributed by atoms with Crippen LogP contribution in [-0.4, -0.2) is 23.2 Å². The van der Waals surface area contributed by atoms with Crippen LogP contribution in [-0.2, 0) is 0 Å². The monoisotopic (exact) mass is 413 g/mol. The molecule has 0 saturated heterocycles. The summed E-state index contributed by atoms with van der Waals surface area (Å²) in [5.41, 5.74) is 0.598. The van der Waals surface area contributed by atoms with Crippen molar-refractivity contribution >= 4 is 23.2 Å².